The zero-order valence-electron chi connectivity index (χ0n) is 13.7. The Morgan fingerprint density at radius 2 is 1.80 bits per heavy atom. The minimum atomic E-state index is -0.319. The SMILES string of the molecule is O=C(NN=C1CCN(Cc2ccccc2)CC1)c1ccc(Cl)cc1Cl. The van der Waals surface area contributed by atoms with Gasteiger partial charge in [0.2, 0.25) is 0 Å². The Labute approximate surface area is 157 Å². The topological polar surface area (TPSA) is 44.7 Å². The molecule has 0 unspecified atom stereocenters. The van der Waals surface area contributed by atoms with Crippen LogP contribution in [0.5, 0.6) is 0 Å². The zero-order valence-corrected chi connectivity index (χ0v) is 15.2. The summed E-state index contributed by atoms with van der Waals surface area (Å²) < 4.78 is 0. The van der Waals surface area contributed by atoms with E-state index >= 15 is 0 Å². The number of piperidine rings is 1. The van der Waals surface area contributed by atoms with E-state index in [4.69, 9.17) is 23.2 Å². The van der Waals surface area contributed by atoms with E-state index in [9.17, 15) is 4.79 Å². The second-order valence-electron chi connectivity index (χ2n) is 6.00. The van der Waals surface area contributed by atoms with Crippen LogP contribution in [0.3, 0.4) is 0 Å². The smallest absolute Gasteiger partial charge is 0.272 e. The van der Waals surface area contributed by atoms with Gasteiger partial charge in [0.1, 0.15) is 0 Å². The number of amides is 1. The fraction of sp³-hybridized carbons (Fsp3) is 0.263. The van der Waals surface area contributed by atoms with Crippen LogP contribution in [-0.2, 0) is 6.54 Å². The Kier molecular flexibility index (Phi) is 6.08. The summed E-state index contributed by atoms with van der Waals surface area (Å²) in [4.78, 5) is 14.6. The molecule has 0 aliphatic carbocycles. The monoisotopic (exact) mass is 375 g/mol. The lowest BCUT2D eigenvalue weighted by Crippen LogP contribution is -2.34. The largest absolute Gasteiger partial charge is 0.298 e. The first-order valence-corrected chi connectivity index (χ1v) is 8.94. The average Bonchev–Trinajstić information content (AvgIpc) is 2.62. The highest BCUT2D eigenvalue weighted by molar-refractivity contribution is 6.36. The van der Waals surface area contributed by atoms with Crippen LogP contribution in [0.4, 0.5) is 0 Å². The number of carbonyl (C=O) groups is 1. The van der Waals surface area contributed by atoms with Gasteiger partial charge in [0.15, 0.2) is 0 Å². The van der Waals surface area contributed by atoms with Crippen molar-refractivity contribution in [1.29, 1.82) is 0 Å². The molecule has 1 aliphatic heterocycles. The number of hydrogen-bond acceptors (Lipinski definition) is 3. The fourth-order valence-electron chi connectivity index (χ4n) is 2.79. The molecule has 3 rings (SSSR count). The van der Waals surface area contributed by atoms with Crippen molar-refractivity contribution in [1.82, 2.24) is 10.3 Å². The number of carbonyl (C=O) groups excluding carboxylic acids is 1. The molecule has 1 amide bonds. The lowest BCUT2D eigenvalue weighted by atomic mass is 10.1. The molecule has 2 aromatic rings. The van der Waals surface area contributed by atoms with Gasteiger partial charge in [0.05, 0.1) is 10.6 Å². The molecular formula is C19H19Cl2N3O. The minimum absolute atomic E-state index is 0.319. The van der Waals surface area contributed by atoms with E-state index in [1.165, 1.54) is 5.56 Å². The third-order valence-electron chi connectivity index (χ3n) is 4.17. The van der Waals surface area contributed by atoms with Gasteiger partial charge in [0.25, 0.3) is 5.91 Å². The van der Waals surface area contributed by atoms with Crippen molar-refractivity contribution in [3.05, 3.63) is 69.7 Å². The summed E-state index contributed by atoms with van der Waals surface area (Å²) in [5.41, 5.74) is 5.28. The standard InChI is InChI=1S/C19H19Cl2N3O/c20-15-6-7-17(18(21)12-15)19(25)23-22-16-8-10-24(11-9-16)13-14-4-2-1-3-5-14/h1-7,12H,8-11,13H2,(H,23,25). The summed E-state index contributed by atoms with van der Waals surface area (Å²) >= 11 is 11.9. The molecule has 1 fully saturated rings. The molecule has 0 bridgehead atoms. The van der Waals surface area contributed by atoms with Gasteiger partial charge in [-0.3, -0.25) is 9.69 Å². The van der Waals surface area contributed by atoms with Crippen molar-refractivity contribution in [3.63, 3.8) is 0 Å². The molecule has 130 valence electrons. The predicted octanol–water partition coefficient (Wildman–Crippen LogP) is 4.38. The van der Waals surface area contributed by atoms with E-state index in [-0.39, 0.29) is 5.91 Å². The summed E-state index contributed by atoms with van der Waals surface area (Å²) in [6, 6.07) is 15.2. The summed E-state index contributed by atoms with van der Waals surface area (Å²) in [7, 11) is 0. The number of rotatable bonds is 4. The molecule has 25 heavy (non-hydrogen) atoms. The molecule has 2 aromatic carbocycles. The highest BCUT2D eigenvalue weighted by Gasteiger charge is 2.16. The molecule has 1 saturated heterocycles. The highest BCUT2D eigenvalue weighted by atomic mass is 35.5. The van der Waals surface area contributed by atoms with Crippen molar-refractivity contribution in [2.45, 2.75) is 19.4 Å². The van der Waals surface area contributed by atoms with E-state index in [0.717, 1.165) is 38.2 Å². The molecule has 0 saturated carbocycles. The van der Waals surface area contributed by atoms with Gasteiger partial charge in [-0.2, -0.15) is 5.10 Å². The van der Waals surface area contributed by atoms with Crippen LogP contribution in [0.1, 0.15) is 28.8 Å². The summed E-state index contributed by atoms with van der Waals surface area (Å²) in [5, 5.41) is 5.08. The highest BCUT2D eigenvalue weighted by Crippen LogP contribution is 2.21. The first-order valence-electron chi connectivity index (χ1n) is 8.19. The second-order valence-corrected chi connectivity index (χ2v) is 6.85. The third-order valence-corrected chi connectivity index (χ3v) is 4.72. The maximum atomic E-state index is 12.2. The Hall–Kier alpha value is -1.88. The molecule has 0 radical (unpaired) electrons. The Balaban J connectivity index is 1.51. The van der Waals surface area contributed by atoms with Crippen molar-refractivity contribution >= 4 is 34.8 Å². The number of nitrogens with one attached hydrogen (secondary N) is 1. The normalized spacial score (nSPS) is 15.0. The molecule has 4 nitrogen and oxygen atoms in total. The van der Waals surface area contributed by atoms with E-state index in [0.29, 0.717) is 15.6 Å². The van der Waals surface area contributed by atoms with Crippen LogP contribution in [0.2, 0.25) is 10.0 Å². The molecule has 0 spiro atoms. The number of benzene rings is 2. The van der Waals surface area contributed by atoms with E-state index in [2.05, 4.69) is 39.7 Å². The fourth-order valence-corrected chi connectivity index (χ4v) is 3.28. The minimum Gasteiger partial charge on any atom is -0.298 e. The summed E-state index contributed by atoms with van der Waals surface area (Å²) in [6.45, 7) is 2.82. The molecule has 1 aliphatic rings. The number of hydrogen-bond donors (Lipinski definition) is 1. The number of halogens is 2. The van der Waals surface area contributed by atoms with Gasteiger partial charge in [-0.05, 0) is 23.8 Å². The molecular weight excluding hydrogens is 357 g/mol. The van der Waals surface area contributed by atoms with Crippen LogP contribution < -0.4 is 5.43 Å². The lowest BCUT2D eigenvalue weighted by molar-refractivity contribution is 0.0954. The van der Waals surface area contributed by atoms with Gasteiger partial charge in [-0.25, -0.2) is 5.43 Å². The maximum absolute atomic E-state index is 12.2. The van der Waals surface area contributed by atoms with Gasteiger partial charge < -0.3 is 0 Å². The number of nitrogens with zero attached hydrogens (tertiary/aromatic N) is 2. The molecule has 1 N–H and O–H groups in total. The summed E-state index contributed by atoms with van der Waals surface area (Å²) in [5.74, 6) is -0.319. The van der Waals surface area contributed by atoms with Crippen molar-refractivity contribution in [2.75, 3.05) is 13.1 Å². The van der Waals surface area contributed by atoms with Crippen LogP contribution >= 0.6 is 23.2 Å². The number of hydrazone groups is 1. The first-order chi connectivity index (χ1) is 12.1. The molecule has 1 heterocycles. The van der Waals surface area contributed by atoms with Crippen LogP contribution in [0.15, 0.2) is 53.6 Å². The Bertz CT molecular complexity index is 767. The number of likely N-dealkylation sites (tertiary alicyclic amines) is 1. The van der Waals surface area contributed by atoms with Crippen molar-refractivity contribution in [3.8, 4) is 0 Å². The Morgan fingerprint density at radius 3 is 2.48 bits per heavy atom. The van der Waals surface area contributed by atoms with E-state index in [1.807, 2.05) is 6.07 Å². The van der Waals surface area contributed by atoms with Crippen LogP contribution in [-0.4, -0.2) is 29.6 Å². The van der Waals surface area contributed by atoms with E-state index in [1.54, 1.807) is 18.2 Å². The molecule has 0 atom stereocenters. The van der Waals surface area contributed by atoms with Gasteiger partial charge >= 0.3 is 0 Å². The van der Waals surface area contributed by atoms with Crippen molar-refractivity contribution < 1.29 is 4.79 Å². The Morgan fingerprint density at radius 1 is 1.08 bits per heavy atom. The van der Waals surface area contributed by atoms with Gasteiger partial charge in [-0.15, -0.1) is 0 Å². The quantitative estimate of drug-likeness (QED) is 0.806. The van der Waals surface area contributed by atoms with Gasteiger partial charge in [-0.1, -0.05) is 53.5 Å². The average molecular weight is 376 g/mol. The summed E-state index contributed by atoms with van der Waals surface area (Å²) in [6.07, 6.45) is 1.70. The van der Waals surface area contributed by atoms with Crippen LogP contribution in [0, 0.1) is 0 Å². The second kappa shape index (κ2) is 8.48. The lowest BCUT2D eigenvalue weighted by Gasteiger charge is -2.27. The third kappa shape index (κ3) is 5.05. The molecule has 6 heteroatoms. The van der Waals surface area contributed by atoms with Gasteiger partial charge in [0, 0.05) is 43.2 Å². The molecule has 0 aromatic heterocycles. The zero-order chi connectivity index (χ0) is 17.6. The van der Waals surface area contributed by atoms with Crippen molar-refractivity contribution in [2.24, 2.45) is 5.10 Å². The maximum Gasteiger partial charge on any atom is 0.272 e. The first kappa shape index (κ1) is 17.9. The van der Waals surface area contributed by atoms with E-state index < -0.39 is 0 Å². The predicted molar refractivity (Wildman–Crippen MR) is 102 cm³/mol. The van der Waals surface area contributed by atoms with Crippen LogP contribution in [0.25, 0.3) is 0 Å².